The van der Waals surface area contributed by atoms with E-state index in [1.165, 1.54) is 24.3 Å². The zero-order chi connectivity index (χ0) is 12.2. The maximum absolute atomic E-state index is 12.6. The summed E-state index contributed by atoms with van der Waals surface area (Å²) in [5.41, 5.74) is -0.723. The summed E-state index contributed by atoms with van der Waals surface area (Å²) in [4.78, 5) is 0. The number of hydrogen-bond donors (Lipinski definition) is 1. The highest BCUT2D eigenvalue weighted by Gasteiger charge is 2.32. The number of halogens is 4. The van der Waals surface area contributed by atoms with Crippen LogP contribution in [0.3, 0.4) is 0 Å². The van der Waals surface area contributed by atoms with Crippen molar-refractivity contribution in [1.29, 1.82) is 0 Å². The molecule has 0 aliphatic carbocycles. The highest BCUT2D eigenvalue weighted by atomic mass is 35.5. The Hall–Kier alpha value is -1.00. The lowest BCUT2D eigenvalue weighted by atomic mass is 10.1. The summed E-state index contributed by atoms with van der Waals surface area (Å²) in [5, 5.41) is 8.57. The van der Waals surface area contributed by atoms with Crippen LogP contribution in [0, 0.1) is 0 Å². The molecule has 0 saturated carbocycles. The number of rotatable bonds is 3. The Bertz CT molecular complexity index is 385. The molecule has 0 aliphatic heterocycles. The fourth-order valence-electron chi connectivity index (χ4n) is 1.20. The summed E-state index contributed by atoms with van der Waals surface area (Å²) < 4.78 is 37.8. The van der Waals surface area contributed by atoms with Gasteiger partial charge in [0, 0.05) is 11.6 Å². The molecule has 88 valence electrons. The molecule has 1 nitrogen and oxygen atoms in total. The maximum Gasteiger partial charge on any atom is 0.417 e. The third-order valence-electron chi connectivity index (χ3n) is 1.91. The molecular formula is C11H10ClF3O. The molecule has 0 fully saturated rings. The van der Waals surface area contributed by atoms with Crippen molar-refractivity contribution in [2.45, 2.75) is 12.6 Å². The van der Waals surface area contributed by atoms with Gasteiger partial charge in [0.25, 0.3) is 0 Å². The SMILES string of the molecule is OCCC=Cc1ccc(Cl)cc1C(F)(F)F. The van der Waals surface area contributed by atoms with Gasteiger partial charge in [0.1, 0.15) is 0 Å². The Labute approximate surface area is 96.2 Å². The van der Waals surface area contributed by atoms with Crippen LogP contribution in [0.5, 0.6) is 0 Å². The molecular weight excluding hydrogens is 241 g/mol. The van der Waals surface area contributed by atoms with E-state index in [0.29, 0.717) is 6.42 Å². The van der Waals surface area contributed by atoms with Gasteiger partial charge in [-0.2, -0.15) is 13.2 Å². The molecule has 1 aromatic carbocycles. The van der Waals surface area contributed by atoms with Crippen LogP contribution in [0.1, 0.15) is 17.5 Å². The van der Waals surface area contributed by atoms with Gasteiger partial charge in [-0.05, 0) is 24.1 Å². The van der Waals surface area contributed by atoms with Crippen molar-refractivity contribution in [2.75, 3.05) is 6.61 Å². The lowest BCUT2D eigenvalue weighted by Crippen LogP contribution is -2.07. The zero-order valence-corrected chi connectivity index (χ0v) is 9.02. The minimum Gasteiger partial charge on any atom is -0.396 e. The van der Waals surface area contributed by atoms with Crippen molar-refractivity contribution in [3.63, 3.8) is 0 Å². The first-order chi connectivity index (χ1) is 7.45. The summed E-state index contributed by atoms with van der Waals surface area (Å²) in [6, 6.07) is 3.59. The van der Waals surface area contributed by atoms with Crippen molar-refractivity contribution < 1.29 is 18.3 Å². The molecule has 0 bridgehead atoms. The molecule has 1 N–H and O–H groups in total. The number of benzene rings is 1. The van der Waals surface area contributed by atoms with Gasteiger partial charge >= 0.3 is 6.18 Å². The second-order valence-electron chi connectivity index (χ2n) is 3.14. The topological polar surface area (TPSA) is 20.2 Å². The summed E-state index contributed by atoms with van der Waals surface area (Å²) in [7, 11) is 0. The van der Waals surface area contributed by atoms with E-state index < -0.39 is 11.7 Å². The van der Waals surface area contributed by atoms with Gasteiger partial charge in [-0.3, -0.25) is 0 Å². The average molecular weight is 251 g/mol. The van der Waals surface area contributed by atoms with Crippen molar-refractivity contribution in [1.82, 2.24) is 0 Å². The Morgan fingerprint density at radius 1 is 1.31 bits per heavy atom. The van der Waals surface area contributed by atoms with Crippen molar-refractivity contribution >= 4 is 17.7 Å². The quantitative estimate of drug-likeness (QED) is 0.866. The fourth-order valence-corrected chi connectivity index (χ4v) is 1.38. The molecule has 0 aliphatic rings. The third kappa shape index (κ3) is 3.54. The molecule has 16 heavy (non-hydrogen) atoms. The van der Waals surface area contributed by atoms with E-state index in [1.54, 1.807) is 0 Å². The highest BCUT2D eigenvalue weighted by Crippen LogP contribution is 2.34. The summed E-state index contributed by atoms with van der Waals surface area (Å²) >= 11 is 5.52. The van der Waals surface area contributed by atoms with E-state index in [2.05, 4.69) is 0 Å². The Morgan fingerprint density at radius 2 is 2.00 bits per heavy atom. The van der Waals surface area contributed by atoms with E-state index in [9.17, 15) is 13.2 Å². The van der Waals surface area contributed by atoms with E-state index in [1.807, 2.05) is 0 Å². The van der Waals surface area contributed by atoms with Crippen LogP contribution in [-0.4, -0.2) is 11.7 Å². The number of alkyl halides is 3. The van der Waals surface area contributed by atoms with Gasteiger partial charge in [-0.15, -0.1) is 0 Å². The van der Waals surface area contributed by atoms with Crippen molar-refractivity contribution in [3.05, 3.63) is 40.4 Å². The Kier molecular flexibility index (Phi) is 4.38. The van der Waals surface area contributed by atoms with Gasteiger partial charge in [0.2, 0.25) is 0 Å². The van der Waals surface area contributed by atoms with Crippen LogP contribution in [0.15, 0.2) is 24.3 Å². The molecule has 0 spiro atoms. The largest absolute Gasteiger partial charge is 0.417 e. The van der Waals surface area contributed by atoms with E-state index in [0.717, 1.165) is 6.07 Å². The molecule has 1 aromatic rings. The average Bonchev–Trinajstić information content (AvgIpc) is 2.19. The first-order valence-corrected chi connectivity index (χ1v) is 4.97. The van der Waals surface area contributed by atoms with Crippen LogP contribution in [0.2, 0.25) is 5.02 Å². The van der Waals surface area contributed by atoms with Crippen LogP contribution < -0.4 is 0 Å². The van der Waals surface area contributed by atoms with Crippen LogP contribution in [0.25, 0.3) is 6.08 Å². The molecule has 0 amide bonds. The first kappa shape index (κ1) is 13.1. The van der Waals surface area contributed by atoms with Crippen molar-refractivity contribution in [3.8, 4) is 0 Å². The predicted molar refractivity (Wildman–Crippen MR) is 57.2 cm³/mol. The monoisotopic (exact) mass is 250 g/mol. The van der Waals surface area contributed by atoms with Crippen LogP contribution in [-0.2, 0) is 6.18 Å². The fraction of sp³-hybridized carbons (Fsp3) is 0.273. The number of aliphatic hydroxyl groups is 1. The second-order valence-corrected chi connectivity index (χ2v) is 3.58. The lowest BCUT2D eigenvalue weighted by Gasteiger charge is -2.10. The Morgan fingerprint density at radius 3 is 2.56 bits per heavy atom. The molecule has 0 atom stereocenters. The first-order valence-electron chi connectivity index (χ1n) is 4.59. The number of aliphatic hydroxyl groups excluding tert-OH is 1. The molecule has 0 aromatic heterocycles. The van der Waals surface area contributed by atoms with E-state index >= 15 is 0 Å². The number of hydrogen-bond acceptors (Lipinski definition) is 1. The summed E-state index contributed by atoms with van der Waals surface area (Å²) in [6.07, 6.45) is -1.29. The minimum absolute atomic E-state index is 0.0466. The van der Waals surface area contributed by atoms with Gasteiger partial charge in [0.05, 0.1) is 5.56 Å². The molecule has 0 unspecified atom stereocenters. The highest BCUT2D eigenvalue weighted by molar-refractivity contribution is 6.30. The molecule has 0 heterocycles. The van der Waals surface area contributed by atoms with Gasteiger partial charge in [-0.1, -0.05) is 29.8 Å². The minimum atomic E-state index is -4.43. The van der Waals surface area contributed by atoms with Gasteiger partial charge in [0.15, 0.2) is 0 Å². The zero-order valence-electron chi connectivity index (χ0n) is 8.26. The predicted octanol–water partition coefficient (Wildman–Crippen LogP) is 3.75. The van der Waals surface area contributed by atoms with Gasteiger partial charge in [-0.25, -0.2) is 0 Å². The lowest BCUT2D eigenvalue weighted by molar-refractivity contribution is -0.137. The maximum atomic E-state index is 12.6. The van der Waals surface area contributed by atoms with Gasteiger partial charge < -0.3 is 5.11 Å². The normalized spacial score (nSPS) is 12.3. The standard InChI is InChI=1S/C11H10ClF3O/c12-9-5-4-8(3-1-2-6-16)10(7-9)11(13,14)15/h1,3-5,7,16H,2,6H2. The molecule has 1 rings (SSSR count). The molecule has 0 saturated heterocycles. The summed E-state index contributed by atoms with van der Waals surface area (Å²) in [5.74, 6) is 0. The van der Waals surface area contributed by atoms with E-state index in [4.69, 9.17) is 16.7 Å². The molecule has 5 heteroatoms. The second kappa shape index (κ2) is 5.37. The molecule has 0 radical (unpaired) electrons. The van der Waals surface area contributed by atoms with E-state index in [-0.39, 0.29) is 17.2 Å². The van der Waals surface area contributed by atoms with Crippen molar-refractivity contribution in [2.24, 2.45) is 0 Å². The summed E-state index contributed by atoms with van der Waals surface area (Å²) in [6.45, 7) is -0.0918. The Balaban J connectivity index is 3.08. The smallest absolute Gasteiger partial charge is 0.396 e. The van der Waals surface area contributed by atoms with Crippen LogP contribution >= 0.6 is 11.6 Å². The van der Waals surface area contributed by atoms with Crippen LogP contribution in [0.4, 0.5) is 13.2 Å². The third-order valence-corrected chi connectivity index (χ3v) is 2.15.